The Hall–Kier alpha value is -3.20. The zero-order valence-electron chi connectivity index (χ0n) is 17.2. The molecule has 9 heteroatoms. The largest absolute Gasteiger partial charge is 0.417 e. The van der Waals surface area contributed by atoms with E-state index < -0.39 is 11.7 Å². The van der Waals surface area contributed by atoms with Crippen LogP contribution in [0.4, 0.5) is 13.2 Å². The number of amides is 1. The predicted octanol–water partition coefficient (Wildman–Crippen LogP) is 4.04. The molecular formula is C22H23F3N4O2. The molecule has 2 heterocycles. The maximum Gasteiger partial charge on any atom is 0.417 e. The van der Waals surface area contributed by atoms with Gasteiger partial charge in [0.25, 0.3) is 5.91 Å². The molecule has 3 rings (SSSR count). The topological polar surface area (TPSA) is 71.2 Å². The van der Waals surface area contributed by atoms with E-state index in [4.69, 9.17) is 0 Å². The molecule has 0 fully saturated rings. The lowest BCUT2D eigenvalue weighted by atomic mass is 10.0. The summed E-state index contributed by atoms with van der Waals surface area (Å²) in [4.78, 5) is 18.7. The van der Waals surface area contributed by atoms with Crippen LogP contribution in [0.5, 0.6) is 0 Å². The predicted molar refractivity (Wildman–Crippen MR) is 109 cm³/mol. The van der Waals surface area contributed by atoms with E-state index in [0.29, 0.717) is 17.8 Å². The Labute approximate surface area is 178 Å². The summed E-state index contributed by atoms with van der Waals surface area (Å²) in [6.45, 7) is 3.96. The molecule has 0 radical (unpaired) electrons. The molecule has 0 aliphatic heterocycles. The van der Waals surface area contributed by atoms with Gasteiger partial charge >= 0.3 is 6.18 Å². The van der Waals surface area contributed by atoms with E-state index in [1.54, 1.807) is 0 Å². The van der Waals surface area contributed by atoms with Crippen LogP contribution in [0.15, 0.2) is 54.9 Å². The van der Waals surface area contributed by atoms with Crippen LogP contribution in [0.25, 0.3) is 5.82 Å². The first-order chi connectivity index (χ1) is 14.7. The minimum Gasteiger partial charge on any atom is -0.395 e. The lowest BCUT2D eigenvalue weighted by Gasteiger charge is -2.23. The average molecular weight is 432 g/mol. The number of aromatic nitrogens is 3. The Morgan fingerprint density at radius 2 is 1.84 bits per heavy atom. The van der Waals surface area contributed by atoms with Crippen LogP contribution in [0.2, 0.25) is 0 Å². The standard InChI is InChI=1S/C22H23F3N4O2/c1-15(2)20-18(21(31)28(10-11-30)14-16-6-4-3-5-7-16)13-27-29(20)19-9-8-17(12-26-19)22(23,24)25/h3-9,12-13,15,30H,10-11,14H2,1-2H3. The summed E-state index contributed by atoms with van der Waals surface area (Å²) < 4.78 is 39.9. The van der Waals surface area contributed by atoms with Crippen LogP contribution in [-0.4, -0.2) is 43.8 Å². The first kappa shape index (κ1) is 22.5. The fourth-order valence-corrected chi connectivity index (χ4v) is 3.29. The first-order valence-electron chi connectivity index (χ1n) is 9.78. The van der Waals surface area contributed by atoms with Crippen molar-refractivity contribution in [3.63, 3.8) is 0 Å². The summed E-state index contributed by atoms with van der Waals surface area (Å²) in [5, 5.41) is 13.7. The highest BCUT2D eigenvalue weighted by atomic mass is 19.4. The van der Waals surface area contributed by atoms with Crippen molar-refractivity contribution in [1.82, 2.24) is 19.7 Å². The molecule has 0 saturated carbocycles. The van der Waals surface area contributed by atoms with Gasteiger partial charge in [0.15, 0.2) is 5.82 Å². The van der Waals surface area contributed by atoms with Crippen molar-refractivity contribution in [2.24, 2.45) is 0 Å². The highest BCUT2D eigenvalue weighted by Gasteiger charge is 2.31. The van der Waals surface area contributed by atoms with Crippen LogP contribution in [0, 0.1) is 0 Å². The second-order valence-corrected chi connectivity index (χ2v) is 7.35. The van der Waals surface area contributed by atoms with E-state index in [9.17, 15) is 23.1 Å². The smallest absolute Gasteiger partial charge is 0.395 e. The number of alkyl halides is 3. The highest BCUT2D eigenvalue weighted by Crippen LogP contribution is 2.29. The van der Waals surface area contributed by atoms with Gasteiger partial charge in [-0.3, -0.25) is 4.79 Å². The van der Waals surface area contributed by atoms with E-state index >= 15 is 0 Å². The van der Waals surface area contributed by atoms with Gasteiger partial charge < -0.3 is 10.0 Å². The summed E-state index contributed by atoms with van der Waals surface area (Å²) in [6.07, 6.45) is -2.34. The van der Waals surface area contributed by atoms with Crippen molar-refractivity contribution in [2.45, 2.75) is 32.5 Å². The van der Waals surface area contributed by atoms with Crippen molar-refractivity contribution in [3.05, 3.63) is 77.2 Å². The summed E-state index contributed by atoms with van der Waals surface area (Å²) in [6, 6.07) is 11.5. The summed E-state index contributed by atoms with van der Waals surface area (Å²) in [5.74, 6) is -0.287. The van der Waals surface area contributed by atoms with E-state index in [2.05, 4.69) is 10.1 Å². The number of aliphatic hydroxyl groups is 1. The molecule has 164 valence electrons. The zero-order chi connectivity index (χ0) is 22.6. The summed E-state index contributed by atoms with van der Waals surface area (Å²) in [7, 11) is 0. The molecule has 31 heavy (non-hydrogen) atoms. The molecule has 1 aromatic carbocycles. The van der Waals surface area contributed by atoms with Gasteiger partial charge in [-0.2, -0.15) is 18.3 Å². The van der Waals surface area contributed by atoms with E-state index in [1.807, 2.05) is 44.2 Å². The Kier molecular flexibility index (Phi) is 6.74. The number of pyridine rings is 1. The van der Waals surface area contributed by atoms with E-state index in [-0.39, 0.29) is 30.8 Å². The number of hydrogen-bond donors (Lipinski definition) is 1. The molecule has 6 nitrogen and oxygen atoms in total. The number of nitrogens with zero attached hydrogens (tertiary/aromatic N) is 4. The van der Waals surface area contributed by atoms with Gasteiger partial charge in [-0.25, -0.2) is 9.67 Å². The molecule has 0 aliphatic carbocycles. The molecule has 3 aromatic rings. The number of carbonyl (C=O) groups excluding carboxylic acids is 1. The normalized spacial score (nSPS) is 11.7. The third-order valence-corrected chi connectivity index (χ3v) is 4.75. The summed E-state index contributed by atoms with van der Waals surface area (Å²) >= 11 is 0. The lowest BCUT2D eigenvalue weighted by Crippen LogP contribution is -2.33. The average Bonchev–Trinajstić information content (AvgIpc) is 3.18. The van der Waals surface area contributed by atoms with Crippen LogP contribution < -0.4 is 0 Å². The third kappa shape index (κ3) is 5.11. The highest BCUT2D eigenvalue weighted by molar-refractivity contribution is 5.95. The van der Waals surface area contributed by atoms with Crippen LogP contribution >= 0.6 is 0 Å². The number of carbonyl (C=O) groups is 1. The van der Waals surface area contributed by atoms with Gasteiger partial charge in [0, 0.05) is 19.3 Å². The monoisotopic (exact) mass is 432 g/mol. The maximum absolute atomic E-state index is 13.3. The van der Waals surface area contributed by atoms with Crippen LogP contribution in [0.3, 0.4) is 0 Å². The molecule has 0 unspecified atom stereocenters. The second kappa shape index (κ2) is 9.30. The van der Waals surface area contributed by atoms with Gasteiger partial charge in [-0.1, -0.05) is 44.2 Å². The van der Waals surface area contributed by atoms with Crippen molar-refractivity contribution < 1.29 is 23.1 Å². The number of rotatable bonds is 7. The Morgan fingerprint density at radius 3 is 2.39 bits per heavy atom. The third-order valence-electron chi connectivity index (χ3n) is 4.75. The molecular weight excluding hydrogens is 409 g/mol. The van der Waals surface area contributed by atoms with Crippen molar-refractivity contribution >= 4 is 5.91 Å². The molecule has 2 aromatic heterocycles. The van der Waals surface area contributed by atoms with E-state index in [1.165, 1.54) is 21.8 Å². The second-order valence-electron chi connectivity index (χ2n) is 7.35. The maximum atomic E-state index is 13.3. The van der Waals surface area contributed by atoms with Crippen LogP contribution in [-0.2, 0) is 12.7 Å². The molecule has 0 spiro atoms. The Morgan fingerprint density at radius 1 is 1.13 bits per heavy atom. The summed E-state index contributed by atoms with van der Waals surface area (Å²) in [5.41, 5.74) is 0.907. The van der Waals surface area contributed by atoms with Gasteiger partial charge in [-0.15, -0.1) is 0 Å². The molecule has 1 amide bonds. The van der Waals surface area contributed by atoms with Crippen molar-refractivity contribution in [3.8, 4) is 5.82 Å². The zero-order valence-corrected chi connectivity index (χ0v) is 17.2. The Balaban J connectivity index is 1.96. The van der Waals surface area contributed by atoms with Crippen molar-refractivity contribution in [1.29, 1.82) is 0 Å². The quantitative estimate of drug-likeness (QED) is 0.612. The number of hydrogen-bond acceptors (Lipinski definition) is 4. The van der Waals surface area contributed by atoms with E-state index in [0.717, 1.165) is 17.8 Å². The number of aliphatic hydroxyl groups excluding tert-OH is 1. The first-order valence-corrected chi connectivity index (χ1v) is 9.78. The molecule has 0 bridgehead atoms. The molecule has 0 saturated heterocycles. The van der Waals surface area contributed by atoms with Gasteiger partial charge in [0.05, 0.1) is 29.6 Å². The molecule has 0 atom stereocenters. The van der Waals surface area contributed by atoms with Gasteiger partial charge in [0.2, 0.25) is 0 Å². The van der Waals surface area contributed by atoms with Crippen LogP contribution in [0.1, 0.15) is 46.9 Å². The van der Waals surface area contributed by atoms with Crippen molar-refractivity contribution in [2.75, 3.05) is 13.2 Å². The van der Waals surface area contributed by atoms with Gasteiger partial charge in [-0.05, 0) is 23.6 Å². The Bertz CT molecular complexity index is 1020. The molecule has 1 N–H and O–H groups in total. The van der Waals surface area contributed by atoms with Gasteiger partial charge in [0.1, 0.15) is 0 Å². The molecule has 0 aliphatic rings. The minimum atomic E-state index is -4.49. The number of halogens is 3. The number of benzene rings is 1. The fraction of sp³-hybridized carbons (Fsp3) is 0.318. The lowest BCUT2D eigenvalue weighted by molar-refractivity contribution is -0.137. The fourth-order valence-electron chi connectivity index (χ4n) is 3.29. The minimum absolute atomic E-state index is 0.134. The SMILES string of the molecule is CC(C)c1c(C(=O)N(CCO)Cc2ccccc2)cnn1-c1ccc(C(F)(F)F)cn1.